The number of ether oxygens (including phenoxy) is 2. The third-order valence-corrected chi connectivity index (χ3v) is 4.53. The van der Waals surface area contributed by atoms with Gasteiger partial charge in [-0.2, -0.15) is 0 Å². The van der Waals surface area contributed by atoms with Crippen molar-refractivity contribution in [3.8, 4) is 11.5 Å². The lowest BCUT2D eigenvalue weighted by atomic mass is 9.93. The molecule has 2 amide bonds. The Kier molecular flexibility index (Phi) is 6.96. The molecule has 0 aliphatic carbocycles. The van der Waals surface area contributed by atoms with Crippen LogP contribution in [0.3, 0.4) is 0 Å². The number of amides is 2. The maximum absolute atomic E-state index is 12.8. The molecule has 1 atom stereocenters. The predicted octanol–water partition coefficient (Wildman–Crippen LogP) is 3.80. The highest BCUT2D eigenvalue weighted by atomic mass is 35.5. The molecule has 0 spiro atoms. The fourth-order valence-electron chi connectivity index (χ4n) is 2.87. The summed E-state index contributed by atoms with van der Waals surface area (Å²) in [6.07, 6.45) is 1.88. The molecule has 27 heavy (non-hydrogen) atoms. The summed E-state index contributed by atoms with van der Waals surface area (Å²) >= 11 is 6.31. The van der Waals surface area contributed by atoms with E-state index in [1.54, 1.807) is 19.9 Å². The number of rotatable bonds is 7. The van der Waals surface area contributed by atoms with E-state index in [9.17, 15) is 14.7 Å². The van der Waals surface area contributed by atoms with Crippen LogP contribution >= 0.6 is 11.6 Å². The Morgan fingerprint density at radius 1 is 1.37 bits per heavy atom. The van der Waals surface area contributed by atoms with Gasteiger partial charge in [-0.1, -0.05) is 31.0 Å². The summed E-state index contributed by atoms with van der Waals surface area (Å²) in [5, 5.41) is 15.7. The van der Waals surface area contributed by atoms with Crippen LogP contribution in [0, 0.1) is 0 Å². The first-order valence-corrected chi connectivity index (χ1v) is 9.24. The average molecular weight is 397 g/mol. The van der Waals surface area contributed by atoms with Crippen LogP contribution in [0.2, 0.25) is 5.02 Å². The number of carbonyl (C=O) groups excluding carboxylic acids is 2. The lowest BCUT2D eigenvalue weighted by Gasteiger charge is -2.30. The molecule has 1 aromatic rings. The second-order valence-corrected chi connectivity index (χ2v) is 6.88. The van der Waals surface area contributed by atoms with Gasteiger partial charge in [-0.05, 0) is 32.8 Å². The van der Waals surface area contributed by atoms with E-state index in [0.717, 1.165) is 12.8 Å². The van der Waals surface area contributed by atoms with Crippen LogP contribution in [0.15, 0.2) is 23.4 Å². The van der Waals surface area contributed by atoms with Crippen molar-refractivity contribution >= 4 is 23.6 Å². The molecule has 0 saturated carbocycles. The van der Waals surface area contributed by atoms with E-state index < -0.39 is 18.0 Å². The summed E-state index contributed by atoms with van der Waals surface area (Å²) in [7, 11) is 1.41. The largest absolute Gasteiger partial charge is 0.503 e. The van der Waals surface area contributed by atoms with Crippen LogP contribution in [0.1, 0.15) is 51.6 Å². The molecule has 0 bridgehead atoms. The molecule has 8 heteroatoms. The van der Waals surface area contributed by atoms with E-state index in [-0.39, 0.29) is 28.2 Å². The van der Waals surface area contributed by atoms with Gasteiger partial charge in [0.15, 0.2) is 11.5 Å². The number of esters is 1. The van der Waals surface area contributed by atoms with Gasteiger partial charge in [0, 0.05) is 11.3 Å². The molecule has 0 saturated heterocycles. The summed E-state index contributed by atoms with van der Waals surface area (Å²) in [5.74, 6) is -0.596. The average Bonchev–Trinajstić information content (AvgIpc) is 2.60. The summed E-state index contributed by atoms with van der Waals surface area (Å²) < 4.78 is 10.4. The number of nitrogens with one attached hydrogen (secondary N) is 2. The minimum atomic E-state index is -0.846. The van der Waals surface area contributed by atoms with Crippen LogP contribution in [0.4, 0.5) is 4.79 Å². The summed E-state index contributed by atoms with van der Waals surface area (Å²) in [4.78, 5) is 25.0. The van der Waals surface area contributed by atoms with E-state index in [0.29, 0.717) is 17.7 Å². The monoisotopic (exact) mass is 396 g/mol. The molecule has 3 N–H and O–H groups in total. The first-order valence-electron chi connectivity index (χ1n) is 8.87. The normalized spacial score (nSPS) is 16.8. The minimum Gasteiger partial charge on any atom is -0.503 e. The number of halogens is 1. The number of hydrogen-bond acceptors (Lipinski definition) is 5. The molecule has 2 rings (SSSR count). The van der Waals surface area contributed by atoms with Crippen molar-refractivity contribution in [2.75, 3.05) is 7.11 Å². The lowest BCUT2D eigenvalue weighted by Crippen LogP contribution is -2.46. The summed E-state index contributed by atoms with van der Waals surface area (Å²) in [6.45, 7) is 5.52. The molecule has 1 aliphatic heterocycles. The Bertz CT molecular complexity index is 761. The van der Waals surface area contributed by atoms with Gasteiger partial charge >= 0.3 is 12.0 Å². The van der Waals surface area contributed by atoms with Gasteiger partial charge in [-0.25, -0.2) is 9.59 Å². The molecular formula is C19H25ClN2O5. The fourth-order valence-corrected chi connectivity index (χ4v) is 3.14. The summed E-state index contributed by atoms with van der Waals surface area (Å²) in [5.41, 5.74) is 1.17. The first kappa shape index (κ1) is 20.9. The Morgan fingerprint density at radius 2 is 2.07 bits per heavy atom. The van der Waals surface area contributed by atoms with Gasteiger partial charge in [0.25, 0.3) is 0 Å². The fraction of sp³-hybridized carbons (Fsp3) is 0.474. The highest BCUT2D eigenvalue weighted by Gasteiger charge is 2.35. The molecule has 1 aliphatic rings. The quantitative estimate of drug-likeness (QED) is 0.609. The molecule has 148 valence electrons. The standard InChI is InChI=1S/C19H25ClN2O5/c1-5-6-7-12-14(18(24)27-10(2)3)16(22-19(25)21-12)11-8-9-13(26-4)17(23)15(11)20/h8-10,16,23H,5-7H2,1-4H3,(H2,21,22,25). The molecule has 0 radical (unpaired) electrons. The van der Waals surface area contributed by atoms with Crippen LogP contribution in [-0.4, -0.2) is 30.3 Å². The molecular weight excluding hydrogens is 372 g/mol. The highest BCUT2D eigenvalue weighted by Crippen LogP contribution is 2.41. The van der Waals surface area contributed by atoms with Crippen molar-refractivity contribution in [1.29, 1.82) is 0 Å². The smallest absolute Gasteiger partial charge is 0.338 e. The van der Waals surface area contributed by atoms with Crippen molar-refractivity contribution in [2.45, 2.75) is 52.2 Å². The number of phenols is 1. The van der Waals surface area contributed by atoms with E-state index in [4.69, 9.17) is 21.1 Å². The number of hydrogen-bond donors (Lipinski definition) is 3. The molecule has 0 fully saturated rings. The van der Waals surface area contributed by atoms with Crippen molar-refractivity contribution < 1.29 is 24.2 Å². The summed E-state index contributed by atoms with van der Waals surface area (Å²) in [6, 6.07) is 1.85. The molecule has 1 unspecified atom stereocenters. The van der Waals surface area contributed by atoms with Crippen LogP contribution < -0.4 is 15.4 Å². The van der Waals surface area contributed by atoms with E-state index >= 15 is 0 Å². The molecule has 7 nitrogen and oxygen atoms in total. The first-order chi connectivity index (χ1) is 12.8. The Balaban J connectivity index is 2.58. The van der Waals surface area contributed by atoms with Gasteiger partial charge in [-0.15, -0.1) is 0 Å². The Labute approximate surface area is 163 Å². The molecule has 1 heterocycles. The number of methoxy groups -OCH3 is 1. The number of unbranched alkanes of at least 4 members (excludes halogenated alkanes) is 1. The number of phenolic OH excluding ortho intramolecular Hbond substituents is 1. The SMILES string of the molecule is CCCCC1=C(C(=O)OC(C)C)C(c2ccc(OC)c(O)c2Cl)NC(=O)N1. The van der Waals surface area contributed by atoms with E-state index in [1.807, 2.05) is 6.92 Å². The number of urea groups is 1. The van der Waals surface area contributed by atoms with Crippen molar-refractivity contribution in [3.63, 3.8) is 0 Å². The van der Waals surface area contributed by atoms with Crippen molar-refractivity contribution in [1.82, 2.24) is 10.6 Å². The zero-order valence-corrected chi connectivity index (χ0v) is 16.6. The lowest BCUT2D eigenvalue weighted by molar-refractivity contribution is -0.143. The number of benzene rings is 1. The maximum Gasteiger partial charge on any atom is 0.338 e. The highest BCUT2D eigenvalue weighted by molar-refractivity contribution is 6.33. The van der Waals surface area contributed by atoms with E-state index in [2.05, 4.69) is 10.6 Å². The van der Waals surface area contributed by atoms with Gasteiger partial charge in [0.05, 0.1) is 29.9 Å². The van der Waals surface area contributed by atoms with Gasteiger partial charge in [0.2, 0.25) is 0 Å². The van der Waals surface area contributed by atoms with Crippen molar-refractivity contribution in [2.24, 2.45) is 0 Å². The predicted molar refractivity (Wildman–Crippen MR) is 102 cm³/mol. The van der Waals surface area contributed by atoms with Crippen molar-refractivity contribution in [3.05, 3.63) is 34.0 Å². The third-order valence-electron chi connectivity index (χ3n) is 4.14. The number of allylic oxidation sites excluding steroid dienone is 1. The second-order valence-electron chi connectivity index (χ2n) is 6.50. The molecule has 1 aromatic carbocycles. The van der Waals surface area contributed by atoms with Gasteiger partial charge in [-0.3, -0.25) is 0 Å². The topological polar surface area (TPSA) is 96.9 Å². The Morgan fingerprint density at radius 3 is 2.67 bits per heavy atom. The van der Waals surface area contributed by atoms with Crippen LogP contribution in [0.5, 0.6) is 11.5 Å². The van der Waals surface area contributed by atoms with E-state index in [1.165, 1.54) is 13.2 Å². The maximum atomic E-state index is 12.8. The van der Waals surface area contributed by atoms with Gasteiger partial charge in [0.1, 0.15) is 0 Å². The third kappa shape index (κ3) is 4.66. The minimum absolute atomic E-state index is 0.00578. The second kappa shape index (κ2) is 8.99. The Hall–Kier alpha value is -2.41. The number of carbonyl (C=O) groups is 2. The number of aromatic hydroxyl groups is 1. The van der Waals surface area contributed by atoms with Crippen LogP contribution in [0.25, 0.3) is 0 Å². The zero-order chi connectivity index (χ0) is 20.1. The zero-order valence-electron chi connectivity index (χ0n) is 15.9. The van der Waals surface area contributed by atoms with Gasteiger partial charge < -0.3 is 25.2 Å². The molecule has 0 aromatic heterocycles. The van der Waals surface area contributed by atoms with Crippen LogP contribution in [-0.2, 0) is 9.53 Å².